The van der Waals surface area contributed by atoms with Gasteiger partial charge in [0.25, 0.3) is 0 Å². The number of nitrogens with two attached hydrogens (primary N) is 1. The van der Waals surface area contributed by atoms with Crippen molar-refractivity contribution in [1.82, 2.24) is 0 Å². The summed E-state index contributed by atoms with van der Waals surface area (Å²) in [6.45, 7) is 3.76. The predicted octanol–water partition coefficient (Wildman–Crippen LogP) is 1.85. The zero-order chi connectivity index (χ0) is 12.1. The van der Waals surface area contributed by atoms with Crippen molar-refractivity contribution < 1.29 is 14.2 Å². The Labute approximate surface area is 102 Å². The minimum atomic E-state index is -0.181. The van der Waals surface area contributed by atoms with Crippen molar-refractivity contribution in [2.45, 2.75) is 25.7 Å². The molecule has 0 radical (unpaired) electrons. The Morgan fingerprint density at radius 2 is 2.24 bits per heavy atom. The number of ether oxygens (including phenoxy) is 3. The van der Waals surface area contributed by atoms with Crippen LogP contribution in [0.5, 0.6) is 5.75 Å². The summed E-state index contributed by atoms with van der Waals surface area (Å²) in [6.07, 6.45) is 0.502. The molecule has 0 spiro atoms. The summed E-state index contributed by atoms with van der Waals surface area (Å²) in [4.78, 5) is 0. The first-order valence-corrected chi connectivity index (χ1v) is 6.04. The number of hydrogen-bond acceptors (Lipinski definition) is 4. The minimum absolute atomic E-state index is 0.0469. The van der Waals surface area contributed by atoms with E-state index in [1.807, 2.05) is 31.2 Å². The van der Waals surface area contributed by atoms with Crippen molar-refractivity contribution in [2.75, 3.05) is 19.8 Å². The maximum absolute atomic E-state index is 5.79. The van der Waals surface area contributed by atoms with E-state index >= 15 is 0 Å². The van der Waals surface area contributed by atoms with Gasteiger partial charge in [0.1, 0.15) is 11.9 Å². The molecule has 2 rings (SSSR count). The fourth-order valence-electron chi connectivity index (χ4n) is 1.94. The highest BCUT2D eigenvalue weighted by Gasteiger charge is 2.28. The summed E-state index contributed by atoms with van der Waals surface area (Å²) < 4.78 is 16.9. The largest absolute Gasteiger partial charge is 0.493 e. The van der Waals surface area contributed by atoms with Gasteiger partial charge in [-0.15, -0.1) is 0 Å². The average Bonchev–Trinajstić information content (AvgIpc) is 2.79. The highest BCUT2D eigenvalue weighted by Crippen LogP contribution is 2.33. The van der Waals surface area contributed by atoms with Crippen LogP contribution in [0.3, 0.4) is 0 Å². The molecule has 1 heterocycles. The standard InChI is InChI=1S/C13H19NO3/c1-2-15-11-6-4-3-5-10(11)12-9-16-13(17-12)7-8-14/h3-6,12-13H,2,7-9,14H2,1H3. The van der Waals surface area contributed by atoms with Crippen molar-refractivity contribution in [3.8, 4) is 5.75 Å². The molecule has 0 aromatic heterocycles. The van der Waals surface area contributed by atoms with E-state index in [0.717, 1.165) is 17.7 Å². The summed E-state index contributed by atoms with van der Waals surface area (Å²) in [5, 5.41) is 0. The molecule has 2 unspecified atom stereocenters. The molecule has 2 N–H and O–H groups in total. The van der Waals surface area contributed by atoms with Gasteiger partial charge in [-0.25, -0.2) is 0 Å². The highest BCUT2D eigenvalue weighted by atomic mass is 16.7. The van der Waals surface area contributed by atoms with E-state index in [2.05, 4.69) is 0 Å². The van der Waals surface area contributed by atoms with E-state index < -0.39 is 0 Å². The van der Waals surface area contributed by atoms with Crippen LogP contribution in [-0.2, 0) is 9.47 Å². The molecule has 4 heteroatoms. The van der Waals surface area contributed by atoms with Crippen molar-refractivity contribution >= 4 is 0 Å². The van der Waals surface area contributed by atoms with E-state index in [4.69, 9.17) is 19.9 Å². The summed E-state index contributed by atoms with van der Waals surface area (Å²) in [6, 6.07) is 7.92. The van der Waals surface area contributed by atoms with E-state index in [1.54, 1.807) is 0 Å². The molecular weight excluding hydrogens is 218 g/mol. The summed E-state index contributed by atoms with van der Waals surface area (Å²) >= 11 is 0. The van der Waals surface area contributed by atoms with Crippen molar-refractivity contribution in [3.05, 3.63) is 29.8 Å². The molecule has 1 aromatic rings. The maximum Gasteiger partial charge on any atom is 0.159 e. The predicted molar refractivity (Wildman–Crippen MR) is 64.8 cm³/mol. The monoisotopic (exact) mass is 237 g/mol. The second kappa shape index (κ2) is 6.00. The molecule has 0 bridgehead atoms. The van der Waals surface area contributed by atoms with E-state index in [-0.39, 0.29) is 12.4 Å². The normalized spacial score (nSPS) is 23.9. The summed E-state index contributed by atoms with van der Waals surface area (Å²) in [5.74, 6) is 0.872. The lowest BCUT2D eigenvalue weighted by atomic mass is 10.1. The SMILES string of the molecule is CCOc1ccccc1C1COC(CCN)O1. The van der Waals surface area contributed by atoms with Gasteiger partial charge in [0.2, 0.25) is 0 Å². The van der Waals surface area contributed by atoms with Crippen molar-refractivity contribution in [1.29, 1.82) is 0 Å². The second-order valence-electron chi connectivity index (χ2n) is 3.94. The first-order chi connectivity index (χ1) is 8.35. The van der Waals surface area contributed by atoms with Crippen LogP contribution in [0.4, 0.5) is 0 Å². The number of para-hydroxylation sites is 1. The number of rotatable bonds is 5. The van der Waals surface area contributed by atoms with Crippen LogP contribution in [0.15, 0.2) is 24.3 Å². The molecule has 2 atom stereocenters. The summed E-state index contributed by atoms with van der Waals surface area (Å²) in [7, 11) is 0. The van der Waals surface area contributed by atoms with Crippen LogP contribution in [-0.4, -0.2) is 26.0 Å². The molecule has 1 aromatic carbocycles. The van der Waals surface area contributed by atoms with Gasteiger partial charge in [0, 0.05) is 12.0 Å². The zero-order valence-electron chi connectivity index (χ0n) is 10.1. The Morgan fingerprint density at radius 3 is 3.00 bits per heavy atom. The fourth-order valence-corrected chi connectivity index (χ4v) is 1.94. The van der Waals surface area contributed by atoms with E-state index in [9.17, 15) is 0 Å². The van der Waals surface area contributed by atoms with Crippen molar-refractivity contribution in [3.63, 3.8) is 0 Å². The Balaban J connectivity index is 2.07. The van der Waals surface area contributed by atoms with Crippen LogP contribution in [0.2, 0.25) is 0 Å². The number of benzene rings is 1. The van der Waals surface area contributed by atoms with Crippen LogP contribution in [0, 0.1) is 0 Å². The molecule has 94 valence electrons. The maximum atomic E-state index is 5.79. The molecule has 1 saturated heterocycles. The molecule has 0 saturated carbocycles. The third-order valence-corrected chi connectivity index (χ3v) is 2.72. The average molecular weight is 237 g/mol. The Morgan fingerprint density at radius 1 is 1.41 bits per heavy atom. The Bertz CT molecular complexity index is 356. The van der Waals surface area contributed by atoms with Crippen LogP contribution in [0.25, 0.3) is 0 Å². The van der Waals surface area contributed by atoms with Gasteiger partial charge in [-0.05, 0) is 19.5 Å². The Hall–Kier alpha value is -1.10. The first-order valence-electron chi connectivity index (χ1n) is 6.04. The van der Waals surface area contributed by atoms with Crippen LogP contribution in [0.1, 0.15) is 25.0 Å². The lowest BCUT2D eigenvalue weighted by Gasteiger charge is -2.15. The van der Waals surface area contributed by atoms with Gasteiger partial charge < -0.3 is 19.9 Å². The topological polar surface area (TPSA) is 53.7 Å². The van der Waals surface area contributed by atoms with Crippen molar-refractivity contribution in [2.24, 2.45) is 5.73 Å². The first kappa shape index (κ1) is 12.4. The number of hydrogen-bond donors (Lipinski definition) is 1. The quantitative estimate of drug-likeness (QED) is 0.849. The Kier molecular flexibility index (Phi) is 4.36. The molecule has 1 aliphatic rings. The molecule has 4 nitrogen and oxygen atoms in total. The van der Waals surface area contributed by atoms with Crippen LogP contribution < -0.4 is 10.5 Å². The highest BCUT2D eigenvalue weighted by molar-refractivity contribution is 5.35. The van der Waals surface area contributed by atoms with Gasteiger partial charge >= 0.3 is 0 Å². The third-order valence-electron chi connectivity index (χ3n) is 2.72. The smallest absolute Gasteiger partial charge is 0.159 e. The van der Waals surface area contributed by atoms with Crippen LogP contribution >= 0.6 is 0 Å². The minimum Gasteiger partial charge on any atom is -0.493 e. The fraction of sp³-hybridized carbons (Fsp3) is 0.538. The molecule has 0 aliphatic carbocycles. The van der Waals surface area contributed by atoms with Gasteiger partial charge in [0.05, 0.1) is 13.2 Å². The molecule has 17 heavy (non-hydrogen) atoms. The lowest BCUT2D eigenvalue weighted by molar-refractivity contribution is -0.0609. The van der Waals surface area contributed by atoms with Gasteiger partial charge in [-0.2, -0.15) is 0 Å². The summed E-state index contributed by atoms with van der Waals surface area (Å²) in [5.41, 5.74) is 6.54. The van der Waals surface area contributed by atoms with Gasteiger partial charge in [-0.1, -0.05) is 18.2 Å². The zero-order valence-corrected chi connectivity index (χ0v) is 10.1. The third kappa shape index (κ3) is 2.97. The molecule has 1 fully saturated rings. The second-order valence-corrected chi connectivity index (χ2v) is 3.94. The van der Waals surface area contributed by atoms with Gasteiger partial charge in [0.15, 0.2) is 6.29 Å². The molecular formula is C13H19NO3. The van der Waals surface area contributed by atoms with Gasteiger partial charge in [-0.3, -0.25) is 0 Å². The molecule has 0 amide bonds. The van der Waals surface area contributed by atoms with E-state index in [1.165, 1.54) is 0 Å². The molecule has 1 aliphatic heterocycles. The lowest BCUT2D eigenvalue weighted by Crippen LogP contribution is -2.14. The van der Waals surface area contributed by atoms with E-state index in [0.29, 0.717) is 19.8 Å².